The van der Waals surface area contributed by atoms with Crippen molar-refractivity contribution in [2.45, 2.75) is 6.92 Å². The van der Waals surface area contributed by atoms with Crippen molar-refractivity contribution in [2.75, 3.05) is 59.5 Å². The van der Waals surface area contributed by atoms with E-state index in [0.717, 1.165) is 10.2 Å². The number of benzene rings is 1. The zero-order valence-corrected chi connectivity index (χ0v) is 17.0. The average Bonchev–Trinajstić information content (AvgIpc) is 2.64. The first-order chi connectivity index (χ1) is 12.5. The number of carbonyl (C=O) groups excluding carboxylic acids is 2. The van der Waals surface area contributed by atoms with Crippen molar-refractivity contribution < 1.29 is 14.3 Å². The first-order valence-electron chi connectivity index (χ1n) is 8.87. The molecule has 1 N–H and O–H groups in total. The summed E-state index contributed by atoms with van der Waals surface area (Å²) in [5.74, 6) is 0.853. The number of nitrogens with one attached hydrogen (secondary N) is 1. The van der Waals surface area contributed by atoms with Crippen LogP contribution in [0.1, 0.15) is 6.92 Å². The number of halogens is 1. The Morgan fingerprint density at radius 1 is 1.19 bits per heavy atom. The Labute approximate surface area is 163 Å². The van der Waals surface area contributed by atoms with Crippen LogP contribution in [0.5, 0.6) is 5.75 Å². The van der Waals surface area contributed by atoms with E-state index in [1.54, 1.807) is 16.8 Å². The number of hydrogen-bond donors (Lipinski definition) is 1. The van der Waals surface area contributed by atoms with E-state index >= 15 is 0 Å². The second-order valence-corrected chi connectivity index (χ2v) is 7.13. The fourth-order valence-corrected chi connectivity index (χ4v) is 2.90. The van der Waals surface area contributed by atoms with Crippen LogP contribution in [-0.2, 0) is 4.79 Å². The molecule has 3 amide bonds. The molecular weight excluding hydrogens is 400 g/mol. The molecule has 1 aromatic rings. The van der Waals surface area contributed by atoms with Crippen LogP contribution >= 0.6 is 15.9 Å². The molecule has 0 aliphatic carbocycles. The Morgan fingerprint density at radius 2 is 1.85 bits per heavy atom. The summed E-state index contributed by atoms with van der Waals surface area (Å²) in [5, 5.41) is 2.81. The van der Waals surface area contributed by atoms with Gasteiger partial charge in [-0.1, -0.05) is 15.9 Å². The van der Waals surface area contributed by atoms with Crippen LogP contribution < -0.4 is 10.1 Å². The van der Waals surface area contributed by atoms with Gasteiger partial charge < -0.3 is 19.9 Å². The highest BCUT2D eigenvalue weighted by Crippen LogP contribution is 2.15. The van der Waals surface area contributed by atoms with Gasteiger partial charge in [-0.15, -0.1) is 0 Å². The normalized spacial score (nSPS) is 14.8. The van der Waals surface area contributed by atoms with Crippen LogP contribution in [-0.4, -0.2) is 86.1 Å². The maximum absolute atomic E-state index is 12.3. The van der Waals surface area contributed by atoms with Gasteiger partial charge in [-0.25, -0.2) is 4.79 Å². The summed E-state index contributed by atoms with van der Waals surface area (Å²) in [5.41, 5.74) is 0. The van der Waals surface area contributed by atoms with E-state index in [1.165, 1.54) is 0 Å². The van der Waals surface area contributed by atoms with Crippen molar-refractivity contribution in [3.63, 3.8) is 0 Å². The van der Waals surface area contributed by atoms with Gasteiger partial charge in [0.05, 0.1) is 13.1 Å². The van der Waals surface area contributed by atoms with E-state index in [-0.39, 0.29) is 11.9 Å². The van der Waals surface area contributed by atoms with Crippen molar-refractivity contribution >= 4 is 27.9 Å². The highest BCUT2D eigenvalue weighted by Gasteiger charge is 2.22. The predicted octanol–water partition coefficient (Wildman–Crippen LogP) is 1.63. The van der Waals surface area contributed by atoms with Crippen molar-refractivity contribution in [3.8, 4) is 5.75 Å². The molecule has 0 unspecified atom stereocenters. The minimum Gasteiger partial charge on any atom is -0.492 e. The van der Waals surface area contributed by atoms with E-state index in [2.05, 4.69) is 26.1 Å². The van der Waals surface area contributed by atoms with Gasteiger partial charge >= 0.3 is 6.03 Å². The molecule has 26 heavy (non-hydrogen) atoms. The van der Waals surface area contributed by atoms with Crippen molar-refractivity contribution in [2.24, 2.45) is 0 Å². The second-order valence-electron chi connectivity index (χ2n) is 6.22. The standard InChI is InChI=1S/C18H27BrN4O3/c1-3-20-18(25)23-10-8-22(9-11-23)14-17(24)21(2)12-13-26-16-6-4-15(19)5-7-16/h4-7H,3,8-14H2,1-2H3,(H,20,25). The van der Waals surface area contributed by atoms with Gasteiger partial charge in [0, 0.05) is 44.2 Å². The van der Waals surface area contributed by atoms with Gasteiger partial charge in [-0.3, -0.25) is 9.69 Å². The molecule has 1 aromatic carbocycles. The fraction of sp³-hybridized carbons (Fsp3) is 0.556. The molecular formula is C18H27BrN4O3. The van der Waals surface area contributed by atoms with Gasteiger partial charge in [0.25, 0.3) is 0 Å². The lowest BCUT2D eigenvalue weighted by Crippen LogP contribution is -2.53. The van der Waals surface area contributed by atoms with E-state index < -0.39 is 0 Å². The molecule has 1 aliphatic heterocycles. The molecule has 0 spiro atoms. The minimum absolute atomic E-state index is 0.0271. The molecule has 1 aliphatic rings. The summed E-state index contributed by atoms with van der Waals surface area (Å²) in [6.07, 6.45) is 0. The summed E-state index contributed by atoms with van der Waals surface area (Å²) < 4.78 is 6.66. The molecule has 0 saturated carbocycles. The molecule has 7 nitrogen and oxygen atoms in total. The van der Waals surface area contributed by atoms with Crippen molar-refractivity contribution in [1.29, 1.82) is 0 Å². The van der Waals surface area contributed by atoms with E-state index in [1.807, 2.05) is 31.2 Å². The van der Waals surface area contributed by atoms with Gasteiger partial charge in [0.2, 0.25) is 5.91 Å². The summed E-state index contributed by atoms with van der Waals surface area (Å²) in [6.45, 7) is 6.62. The van der Waals surface area contributed by atoms with Crippen LogP contribution in [0.25, 0.3) is 0 Å². The van der Waals surface area contributed by atoms with Crippen molar-refractivity contribution in [1.82, 2.24) is 20.0 Å². The summed E-state index contributed by atoms with van der Waals surface area (Å²) in [7, 11) is 1.79. The lowest BCUT2D eigenvalue weighted by molar-refractivity contribution is -0.131. The van der Waals surface area contributed by atoms with E-state index in [0.29, 0.717) is 52.4 Å². The van der Waals surface area contributed by atoms with E-state index in [9.17, 15) is 9.59 Å². The van der Waals surface area contributed by atoms with Crippen LogP contribution in [0.2, 0.25) is 0 Å². The van der Waals surface area contributed by atoms with Crippen molar-refractivity contribution in [3.05, 3.63) is 28.7 Å². The number of piperazine rings is 1. The minimum atomic E-state index is -0.0271. The third kappa shape index (κ3) is 6.49. The largest absolute Gasteiger partial charge is 0.492 e. The lowest BCUT2D eigenvalue weighted by atomic mass is 10.3. The maximum Gasteiger partial charge on any atom is 0.317 e. The summed E-state index contributed by atoms with van der Waals surface area (Å²) >= 11 is 3.38. The molecule has 0 bridgehead atoms. The Bertz CT molecular complexity index is 589. The molecule has 8 heteroatoms. The van der Waals surface area contributed by atoms with Crippen LogP contribution in [0.15, 0.2) is 28.7 Å². The molecule has 144 valence electrons. The number of amides is 3. The predicted molar refractivity (Wildman–Crippen MR) is 104 cm³/mol. The highest BCUT2D eigenvalue weighted by molar-refractivity contribution is 9.10. The van der Waals surface area contributed by atoms with Gasteiger partial charge in [0.1, 0.15) is 12.4 Å². The van der Waals surface area contributed by atoms with Crippen LogP contribution in [0.4, 0.5) is 4.79 Å². The maximum atomic E-state index is 12.3. The first-order valence-corrected chi connectivity index (χ1v) is 9.66. The smallest absolute Gasteiger partial charge is 0.317 e. The Morgan fingerprint density at radius 3 is 2.46 bits per heavy atom. The number of ether oxygens (including phenoxy) is 1. The topological polar surface area (TPSA) is 65.1 Å². The Kier molecular flexibility index (Phi) is 8.18. The Balaban J connectivity index is 1.66. The monoisotopic (exact) mass is 426 g/mol. The van der Waals surface area contributed by atoms with Crippen LogP contribution in [0, 0.1) is 0 Å². The third-order valence-electron chi connectivity index (χ3n) is 4.28. The highest BCUT2D eigenvalue weighted by atomic mass is 79.9. The molecule has 1 saturated heterocycles. The third-order valence-corrected chi connectivity index (χ3v) is 4.81. The number of nitrogens with zero attached hydrogens (tertiary/aromatic N) is 3. The van der Waals surface area contributed by atoms with Gasteiger partial charge in [-0.2, -0.15) is 0 Å². The zero-order chi connectivity index (χ0) is 18.9. The SMILES string of the molecule is CCNC(=O)N1CCN(CC(=O)N(C)CCOc2ccc(Br)cc2)CC1. The van der Waals surface area contributed by atoms with E-state index in [4.69, 9.17) is 4.74 Å². The summed E-state index contributed by atoms with van der Waals surface area (Å²) in [4.78, 5) is 29.7. The molecule has 1 heterocycles. The van der Waals surface area contributed by atoms with Crippen LogP contribution in [0.3, 0.4) is 0 Å². The lowest BCUT2D eigenvalue weighted by Gasteiger charge is -2.34. The molecule has 2 rings (SSSR count). The van der Waals surface area contributed by atoms with Gasteiger partial charge in [-0.05, 0) is 31.2 Å². The Hall–Kier alpha value is -1.80. The molecule has 0 radical (unpaired) electrons. The second kappa shape index (κ2) is 10.4. The summed E-state index contributed by atoms with van der Waals surface area (Å²) in [6, 6.07) is 7.59. The molecule has 0 aromatic heterocycles. The van der Waals surface area contributed by atoms with Gasteiger partial charge in [0.15, 0.2) is 0 Å². The number of rotatable bonds is 7. The number of carbonyl (C=O) groups is 2. The first kappa shape index (κ1) is 20.5. The quantitative estimate of drug-likeness (QED) is 0.719. The zero-order valence-electron chi connectivity index (χ0n) is 15.4. The fourth-order valence-electron chi connectivity index (χ4n) is 2.64. The number of likely N-dealkylation sites (N-methyl/N-ethyl adjacent to an activating group) is 1. The number of urea groups is 1. The molecule has 1 fully saturated rings. The average molecular weight is 427 g/mol. The number of hydrogen-bond acceptors (Lipinski definition) is 4. The molecule has 0 atom stereocenters.